The lowest BCUT2D eigenvalue weighted by atomic mass is 9.96. The van der Waals surface area contributed by atoms with Crippen molar-refractivity contribution in [3.63, 3.8) is 0 Å². The number of halogens is 1. The maximum absolute atomic E-state index is 11.0. The van der Waals surface area contributed by atoms with Gasteiger partial charge in [-0.3, -0.25) is 0 Å². The maximum Gasteiger partial charge on any atom is 0.328 e. The van der Waals surface area contributed by atoms with Gasteiger partial charge in [-0.25, -0.2) is 4.79 Å². The van der Waals surface area contributed by atoms with Gasteiger partial charge in [0.2, 0.25) is 0 Å². The third kappa shape index (κ3) is 4.57. The number of carbonyl (C=O) groups is 1. The summed E-state index contributed by atoms with van der Waals surface area (Å²) < 4.78 is 1.06. The van der Waals surface area contributed by atoms with Gasteiger partial charge in [-0.1, -0.05) is 52.3 Å². The van der Waals surface area contributed by atoms with Gasteiger partial charge in [-0.15, -0.1) is 0 Å². The molecular weight excluding hydrogens is 328 g/mol. The van der Waals surface area contributed by atoms with Gasteiger partial charge in [0.05, 0.1) is 0 Å². The van der Waals surface area contributed by atoms with Crippen molar-refractivity contribution in [2.45, 2.75) is 19.8 Å². The minimum atomic E-state index is -0.901. The first kappa shape index (κ1) is 15.5. The van der Waals surface area contributed by atoms with Crippen LogP contribution in [-0.4, -0.2) is 11.1 Å². The molecule has 0 aliphatic rings. The van der Waals surface area contributed by atoms with Gasteiger partial charge in [0.1, 0.15) is 0 Å². The molecule has 3 heteroatoms. The van der Waals surface area contributed by atoms with Crippen LogP contribution in [0.15, 0.2) is 59.1 Å². The Labute approximate surface area is 133 Å². The fourth-order valence-corrected chi connectivity index (χ4v) is 2.79. The van der Waals surface area contributed by atoms with E-state index in [0.717, 1.165) is 22.0 Å². The van der Waals surface area contributed by atoms with Crippen LogP contribution in [0.2, 0.25) is 0 Å². The quantitative estimate of drug-likeness (QED) is 0.786. The van der Waals surface area contributed by atoms with E-state index in [0.29, 0.717) is 6.42 Å². The van der Waals surface area contributed by atoms with E-state index >= 15 is 0 Å². The highest BCUT2D eigenvalue weighted by atomic mass is 79.9. The Morgan fingerprint density at radius 3 is 2.52 bits per heavy atom. The molecule has 0 saturated carbocycles. The molecule has 0 spiro atoms. The zero-order valence-corrected chi connectivity index (χ0v) is 13.4. The Balaban J connectivity index is 2.19. The molecule has 0 radical (unpaired) electrons. The molecule has 0 aliphatic heterocycles. The van der Waals surface area contributed by atoms with Crippen LogP contribution in [0, 0.1) is 6.92 Å². The van der Waals surface area contributed by atoms with Crippen molar-refractivity contribution in [2.24, 2.45) is 0 Å². The maximum atomic E-state index is 11.0. The normalized spacial score (nSPS) is 11.4. The van der Waals surface area contributed by atoms with E-state index in [1.807, 2.05) is 36.4 Å². The number of aliphatic carboxylic acids is 1. The highest BCUT2D eigenvalue weighted by molar-refractivity contribution is 9.10. The number of hydrogen-bond donors (Lipinski definition) is 1. The van der Waals surface area contributed by atoms with E-state index in [2.05, 4.69) is 35.0 Å². The van der Waals surface area contributed by atoms with Crippen molar-refractivity contribution in [3.8, 4) is 0 Å². The molecule has 0 aliphatic carbocycles. The molecule has 0 unspecified atom stereocenters. The second kappa shape index (κ2) is 7.23. The number of allylic oxidation sites excluding steroid dienone is 1. The van der Waals surface area contributed by atoms with Crippen molar-refractivity contribution in [2.75, 3.05) is 0 Å². The summed E-state index contributed by atoms with van der Waals surface area (Å²) in [5.41, 5.74) is 4.28. The van der Waals surface area contributed by atoms with Gasteiger partial charge in [-0.2, -0.15) is 0 Å². The molecule has 0 bridgehead atoms. The topological polar surface area (TPSA) is 37.3 Å². The number of hydrogen-bond acceptors (Lipinski definition) is 1. The van der Waals surface area contributed by atoms with Crippen LogP contribution >= 0.6 is 15.9 Å². The molecule has 0 amide bonds. The van der Waals surface area contributed by atoms with E-state index < -0.39 is 5.97 Å². The average molecular weight is 345 g/mol. The molecule has 21 heavy (non-hydrogen) atoms. The zero-order valence-electron chi connectivity index (χ0n) is 11.8. The molecule has 1 N–H and O–H groups in total. The molecule has 2 aromatic rings. The summed E-state index contributed by atoms with van der Waals surface area (Å²) >= 11 is 3.46. The van der Waals surface area contributed by atoms with E-state index in [-0.39, 0.29) is 0 Å². The second-order valence-corrected chi connectivity index (χ2v) is 5.86. The first-order valence-electron chi connectivity index (χ1n) is 6.80. The first-order valence-corrected chi connectivity index (χ1v) is 7.59. The lowest BCUT2D eigenvalue weighted by Gasteiger charge is -2.10. The van der Waals surface area contributed by atoms with Crippen molar-refractivity contribution < 1.29 is 9.90 Å². The zero-order chi connectivity index (χ0) is 15.2. The summed E-state index contributed by atoms with van der Waals surface area (Å²) in [6, 6.07) is 15.9. The van der Waals surface area contributed by atoms with Gasteiger partial charge in [0.25, 0.3) is 0 Å². The summed E-state index contributed by atoms with van der Waals surface area (Å²) in [7, 11) is 0. The SMILES string of the molecule is Cc1cc(Br)ccc1CC/C(=C\C(=O)O)c1ccccc1. The monoisotopic (exact) mass is 344 g/mol. The number of benzene rings is 2. The van der Waals surface area contributed by atoms with Gasteiger partial charge in [0, 0.05) is 10.5 Å². The second-order valence-electron chi connectivity index (χ2n) is 4.94. The Morgan fingerprint density at radius 2 is 1.90 bits per heavy atom. The highest BCUT2D eigenvalue weighted by Gasteiger charge is 2.06. The van der Waals surface area contributed by atoms with Crippen LogP contribution in [0.3, 0.4) is 0 Å². The van der Waals surface area contributed by atoms with E-state index in [4.69, 9.17) is 5.11 Å². The van der Waals surface area contributed by atoms with Crippen molar-refractivity contribution in [3.05, 3.63) is 75.8 Å². The summed E-state index contributed by atoms with van der Waals surface area (Å²) in [4.78, 5) is 11.0. The number of carboxylic acid groups (broad SMARTS) is 1. The highest BCUT2D eigenvalue weighted by Crippen LogP contribution is 2.23. The van der Waals surface area contributed by atoms with Crippen LogP contribution in [-0.2, 0) is 11.2 Å². The predicted octanol–water partition coefficient (Wildman–Crippen LogP) is 4.86. The molecule has 2 aromatic carbocycles. The molecular formula is C18H17BrO2. The molecule has 0 saturated heterocycles. The molecule has 2 nitrogen and oxygen atoms in total. The van der Waals surface area contributed by atoms with E-state index in [1.165, 1.54) is 17.2 Å². The minimum Gasteiger partial charge on any atom is -0.478 e. The average Bonchev–Trinajstić information content (AvgIpc) is 2.45. The van der Waals surface area contributed by atoms with Gasteiger partial charge in [0.15, 0.2) is 0 Å². The number of aryl methyl sites for hydroxylation is 2. The largest absolute Gasteiger partial charge is 0.478 e. The summed E-state index contributed by atoms with van der Waals surface area (Å²) in [5.74, 6) is -0.901. The minimum absolute atomic E-state index is 0.707. The third-order valence-electron chi connectivity index (χ3n) is 3.41. The smallest absolute Gasteiger partial charge is 0.328 e. The van der Waals surface area contributed by atoms with Crippen molar-refractivity contribution in [1.29, 1.82) is 0 Å². The fourth-order valence-electron chi connectivity index (χ4n) is 2.31. The Hall–Kier alpha value is -1.87. The molecule has 0 heterocycles. The van der Waals surface area contributed by atoms with Crippen molar-refractivity contribution >= 4 is 27.5 Å². The predicted molar refractivity (Wildman–Crippen MR) is 89.3 cm³/mol. The lowest BCUT2D eigenvalue weighted by molar-refractivity contribution is -0.131. The first-order chi connectivity index (χ1) is 10.1. The molecule has 0 fully saturated rings. The van der Waals surface area contributed by atoms with Crippen LogP contribution < -0.4 is 0 Å². The van der Waals surface area contributed by atoms with Gasteiger partial charge < -0.3 is 5.11 Å². The number of rotatable bonds is 5. The standard InChI is InChI=1S/C18H17BrO2/c1-13-11-17(19)10-9-14(13)7-8-16(12-18(20)21)15-5-3-2-4-6-15/h2-6,9-12H,7-8H2,1H3,(H,20,21)/b16-12+. The van der Waals surface area contributed by atoms with Crippen LogP contribution in [0.1, 0.15) is 23.1 Å². The summed E-state index contributed by atoms with van der Waals surface area (Å²) in [6.45, 7) is 2.07. The van der Waals surface area contributed by atoms with Crippen molar-refractivity contribution in [1.82, 2.24) is 0 Å². The number of carboxylic acids is 1. The Morgan fingerprint density at radius 1 is 1.19 bits per heavy atom. The third-order valence-corrected chi connectivity index (χ3v) is 3.90. The Bertz CT molecular complexity index is 660. The van der Waals surface area contributed by atoms with E-state index in [1.54, 1.807) is 0 Å². The lowest BCUT2D eigenvalue weighted by Crippen LogP contribution is -1.96. The van der Waals surface area contributed by atoms with Gasteiger partial charge >= 0.3 is 5.97 Å². The molecule has 2 rings (SSSR count). The fraction of sp³-hybridized carbons (Fsp3) is 0.167. The molecule has 0 aromatic heterocycles. The van der Waals surface area contributed by atoms with Crippen LogP contribution in [0.4, 0.5) is 0 Å². The summed E-state index contributed by atoms with van der Waals surface area (Å²) in [6.07, 6.45) is 2.84. The van der Waals surface area contributed by atoms with E-state index in [9.17, 15) is 4.79 Å². The van der Waals surface area contributed by atoms with Crippen LogP contribution in [0.25, 0.3) is 5.57 Å². The van der Waals surface area contributed by atoms with Crippen LogP contribution in [0.5, 0.6) is 0 Å². The molecule has 108 valence electrons. The Kier molecular flexibility index (Phi) is 5.34. The van der Waals surface area contributed by atoms with Gasteiger partial charge in [-0.05, 0) is 54.2 Å². The summed E-state index contributed by atoms with van der Waals surface area (Å²) in [5, 5.41) is 9.05. The molecule has 0 atom stereocenters.